The van der Waals surface area contributed by atoms with E-state index >= 15 is 0 Å². The Balaban J connectivity index is 1.33. The first kappa shape index (κ1) is 28.1. The van der Waals surface area contributed by atoms with Crippen LogP contribution in [-0.2, 0) is 46.4 Å². The van der Waals surface area contributed by atoms with Crippen LogP contribution >= 0.6 is 0 Å². The number of nitrogens with one attached hydrogen (secondary N) is 1. The van der Waals surface area contributed by atoms with Crippen molar-refractivity contribution in [1.29, 1.82) is 0 Å². The normalized spacial score (nSPS) is 19.8. The summed E-state index contributed by atoms with van der Waals surface area (Å²) in [5.41, 5.74) is 3.25. The number of amides is 4. The number of carbonyl (C=O) groups is 5. The quantitative estimate of drug-likeness (QED) is 0.494. The molecule has 0 aromatic heterocycles. The molecule has 0 spiro atoms. The molecule has 4 amide bonds. The standard InChI is InChI=1S/C28H30N4O9/c1-17(33)41-24(26(35)29-20-6-5-19-15-30(28(37)38)8-7-18(19)13-20)25-27(36)32(10-12-40-25)22-4-2-3-21(14-22)31-9-11-39-16-23(31)34/h2-6,13-14,24-25H,7-12,15-16H2,1H3,(H,29,35)(H,37,38). The second-order valence-corrected chi connectivity index (χ2v) is 9.86. The second-order valence-electron chi connectivity index (χ2n) is 9.86. The van der Waals surface area contributed by atoms with Gasteiger partial charge in [-0.25, -0.2) is 4.79 Å². The van der Waals surface area contributed by atoms with Crippen molar-refractivity contribution in [3.63, 3.8) is 0 Å². The van der Waals surface area contributed by atoms with Gasteiger partial charge in [-0.3, -0.25) is 19.2 Å². The summed E-state index contributed by atoms with van der Waals surface area (Å²) in [6.07, 6.45) is -3.48. The zero-order valence-electron chi connectivity index (χ0n) is 22.4. The summed E-state index contributed by atoms with van der Waals surface area (Å²) in [6.45, 7) is 2.76. The molecule has 2 aromatic carbocycles. The van der Waals surface area contributed by atoms with Crippen molar-refractivity contribution in [2.75, 3.05) is 54.6 Å². The Bertz CT molecular complexity index is 1380. The summed E-state index contributed by atoms with van der Waals surface area (Å²) in [4.78, 5) is 66.9. The van der Waals surface area contributed by atoms with Crippen LogP contribution in [0, 0.1) is 0 Å². The van der Waals surface area contributed by atoms with Crippen molar-refractivity contribution in [3.05, 3.63) is 53.6 Å². The van der Waals surface area contributed by atoms with E-state index in [4.69, 9.17) is 14.2 Å². The number of fused-ring (bicyclic) bond motifs is 1. The number of hydrogen-bond acceptors (Lipinski definition) is 8. The Morgan fingerprint density at radius 1 is 1.00 bits per heavy atom. The molecule has 0 aliphatic carbocycles. The number of benzene rings is 2. The molecule has 13 heteroatoms. The third-order valence-corrected chi connectivity index (χ3v) is 7.14. The fourth-order valence-electron chi connectivity index (χ4n) is 5.14. The van der Waals surface area contributed by atoms with Crippen LogP contribution in [0.3, 0.4) is 0 Å². The highest BCUT2D eigenvalue weighted by atomic mass is 16.6. The average Bonchev–Trinajstić information content (AvgIpc) is 2.96. The van der Waals surface area contributed by atoms with Crippen LogP contribution in [0.4, 0.5) is 21.9 Å². The van der Waals surface area contributed by atoms with Crippen LogP contribution in [0.2, 0.25) is 0 Å². The Kier molecular flexibility index (Phi) is 8.17. The molecule has 2 unspecified atom stereocenters. The highest BCUT2D eigenvalue weighted by molar-refractivity contribution is 6.05. The summed E-state index contributed by atoms with van der Waals surface area (Å²) in [6, 6.07) is 12.0. The third kappa shape index (κ3) is 6.15. The number of rotatable bonds is 6. The SMILES string of the molecule is CC(=O)OC(C(=O)Nc1ccc2c(c1)CCN(C(=O)O)C2)C1OCCN(c2cccc(N3CCOCC3=O)c2)C1=O. The average molecular weight is 567 g/mol. The summed E-state index contributed by atoms with van der Waals surface area (Å²) in [5.74, 6) is -2.25. The van der Waals surface area contributed by atoms with Gasteiger partial charge in [-0.05, 0) is 47.9 Å². The molecule has 2 fully saturated rings. The van der Waals surface area contributed by atoms with E-state index < -0.39 is 36.1 Å². The third-order valence-electron chi connectivity index (χ3n) is 7.14. The molecule has 5 rings (SSSR count). The topological polar surface area (TPSA) is 155 Å². The molecule has 3 heterocycles. The van der Waals surface area contributed by atoms with Crippen molar-refractivity contribution in [1.82, 2.24) is 4.90 Å². The summed E-state index contributed by atoms with van der Waals surface area (Å²) in [7, 11) is 0. The molecular weight excluding hydrogens is 536 g/mol. The van der Waals surface area contributed by atoms with Crippen LogP contribution < -0.4 is 15.1 Å². The lowest BCUT2D eigenvalue weighted by molar-refractivity contribution is -0.167. The van der Waals surface area contributed by atoms with Crippen molar-refractivity contribution >= 4 is 46.8 Å². The van der Waals surface area contributed by atoms with Gasteiger partial charge in [0.2, 0.25) is 6.10 Å². The number of nitrogens with zero attached hydrogens (tertiary/aromatic N) is 3. The van der Waals surface area contributed by atoms with Gasteiger partial charge in [0, 0.05) is 50.2 Å². The molecule has 41 heavy (non-hydrogen) atoms. The summed E-state index contributed by atoms with van der Waals surface area (Å²) in [5, 5.41) is 12.0. The Labute approximate surface area is 235 Å². The van der Waals surface area contributed by atoms with Crippen molar-refractivity contribution < 1.29 is 43.3 Å². The van der Waals surface area contributed by atoms with Crippen molar-refractivity contribution in [2.45, 2.75) is 32.1 Å². The van der Waals surface area contributed by atoms with Gasteiger partial charge in [0.15, 0.2) is 6.10 Å². The van der Waals surface area contributed by atoms with E-state index in [0.29, 0.717) is 43.2 Å². The lowest BCUT2D eigenvalue weighted by Gasteiger charge is -2.36. The number of anilines is 3. The number of hydrogen-bond donors (Lipinski definition) is 2. The highest BCUT2D eigenvalue weighted by Crippen LogP contribution is 2.28. The lowest BCUT2D eigenvalue weighted by atomic mass is 9.99. The van der Waals surface area contributed by atoms with Gasteiger partial charge in [-0.2, -0.15) is 0 Å². The number of ether oxygens (including phenoxy) is 3. The maximum atomic E-state index is 13.6. The minimum atomic E-state index is -1.56. The first-order chi connectivity index (χ1) is 19.7. The fraction of sp³-hybridized carbons (Fsp3) is 0.393. The number of morpholine rings is 2. The predicted octanol–water partition coefficient (Wildman–Crippen LogP) is 1.39. The molecule has 2 N–H and O–H groups in total. The highest BCUT2D eigenvalue weighted by Gasteiger charge is 2.43. The molecule has 2 atom stereocenters. The maximum absolute atomic E-state index is 13.6. The van der Waals surface area contributed by atoms with Gasteiger partial charge in [-0.15, -0.1) is 0 Å². The molecule has 3 aliphatic heterocycles. The minimum Gasteiger partial charge on any atom is -0.465 e. The van der Waals surface area contributed by atoms with E-state index in [2.05, 4.69) is 5.32 Å². The molecule has 216 valence electrons. The molecule has 13 nitrogen and oxygen atoms in total. The van der Waals surface area contributed by atoms with Gasteiger partial charge < -0.3 is 39.3 Å². The van der Waals surface area contributed by atoms with Crippen molar-refractivity contribution in [3.8, 4) is 0 Å². The molecule has 0 bridgehead atoms. The number of carbonyl (C=O) groups excluding carboxylic acids is 4. The Morgan fingerprint density at radius 2 is 1.76 bits per heavy atom. The van der Waals surface area contributed by atoms with Gasteiger partial charge in [-0.1, -0.05) is 12.1 Å². The minimum absolute atomic E-state index is 0.0209. The molecule has 2 aromatic rings. The second kappa shape index (κ2) is 11.9. The van der Waals surface area contributed by atoms with Gasteiger partial charge in [0.1, 0.15) is 6.61 Å². The van der Waals surface area contributed by atoms with E-state index in [1.165, 1.54) is 9.80 Å². The van der Waals surface area contributed by atoms with Gasteiger partial charge >= 0.3 is 12.1 Å². The van der Waals surface area contributed by atoms with Gasteiger partial charge in [0.05, 0.1) is 13.2 Å². The van der Waals surface area contributed by atoms with E-state index in [-0.39, 0.29) is 32.2 Å². The summed E-state index contributed by atoms with van der Waals surface area (Å²) >= 11 is 0. The Morgan fingerprint density at radius 3 is 2.49 bits per heavy atom. The van der Waals surface area contributed by atoms with Gasteiger partial charge in [0.25, 0.3) is 17.7 Å². The maximum Gasteiger partial charge on any atom is 0.407 e. The van der Waals surface area contributed by atoms with Crippen molar-refractivity contribution in [2.24, 2.45) is 0 Å². The molecule has 2 saturated heterocycles. The van der Waals surface area contributed by atoms with E-state index in [9.17, 15) is 29.1 Å². The zero-order valence-corrected chi connectivity index (χ0v) is 22.4. The first-order valence-electron chi connectivity index (χ1n) is 13.2. The zero-order chi connectivity index (χ0) is 29.1. The van der Waals surface area contributed by atoms with Crippen LogP contribution in [0.1, 0.15) is 18.1 Å². The van der Waals surface area contributed by atoms with Crippen LogP contribution in [-0.4, -0.2) is 91.5 Å². The first-order valence-corrected chi connectivity index (χ1v) is 13.2. The van der Waals surface area contributed by atoms with E-state index in [1.54, 1.807) is 47.4 Å². The van der Waals surface area contributed by atoms with E-state index in [0.717, 1.165) is 18.1 Å². The number of carboxylic acid groups (broad SMARTS) is 1. The summed E-state index contributed by atoms with van der Waals surface area (Å²) < 4.78 is 16.2. The predicted molar refractivity (Wildman–Crippen MR) is 144 cm³/mol. The lowest BCUT2D eigenvalue weighted by Crippen LogP contribution is -2.56. The smallest absolute Gasteiger partial charge is 0.407 e. The Hall–Kier alpha value is -4.49. The van der Waals surface area contributed by atoms with Crippen LogP contribution in [0.25, 0.3) is 0 Å². The largest absolute Gasteiger partial charge is 0.465 e. The number of esters is 1. The van der Waals surface area contributed by atoms with Crippen LogP contribution in [0.15, 0.2) is 42.5 Å². The van der Waals surface area contributed by atoms with E-state index in [1.807, 2.05) is 0 Å². The fourth-order valence-corrected chi connectivity index (χ4v) is 5.14. The molecule has 0 radical (unpaired) electrons. The molecule has 3 aliphatic rings. The molecular formula is C28H30N4O9. The monoisotopic (exact) mass is 566 g/mol. The molecule has 0 saturated carbocycles. The van der Waals surface area contributed by atoms with Crippen LogP contribution in [0.5, 0.6) is 0 Å².